The summed E-state index contributed by atoms with van der Waals surface area (Å²) < 4.78 is 52.4. The van der Waals surface area contributed by atoms with Crippen molar-refractivity contribution in [1.29, 1.82) is 0 Å². The number of hydrogen-bond donors (Lipinski definition) is 3. The Kier molecular flexibility index (Phi) is 20.2. The van der Waals surface area contributed by atoms with Crippen LogP contribution in [0, 0.1) is 13.8 Å². The van der Waals surface area contributed by atoms with Gasteiger partial charge in [-0.25, -0.2) is 36.8 Å². The van der Waals surface area contributed by atoms with Gasteiger partial charge in [0.25, 0.3) is 11.8 Å². The molecule has 0 saturated carbocycles. The normalized spacial score (nSPS) is 11.2. The Labute approximate surface area is 391 Å². The average Bonchev–Trinajstić information content (AvgIpc) is 3.88. The van der Waals surface area contributed by atoms with Gasteiger partial charge in [-0.15, -0.1) is 20.4 Å². The van der Waals surface area contributed by atoms with Gasteiger partial charge in [0.2, 0.25) is 40.3 Å². The topological polar surface area (TPSA) is 250 Å². The van der Waals surface area contributed by atoms with Crippen molar-refractivity contribution in [3.63, 3.8) is 0 Å². The number of carbonyl (C=O) groups is 2. The van der Waals surface area contributed by atoms with Crippen LogP contribution < -0.4 is 10.6 Å². The standard InChI is InChI=1S/2C18H18ClN5O3S3.C2H6O/c2*1-3-7-28-18-24-23-16(29-18)22-15(25)14-13(19)9-20-17(21-14)30(26,27)10-12-6-4-5-11(2)8-12;1-2-3/h2*4-6,8-9H,3,7,10H2,1-2H3,(H,22,23,25);3H,2H2,1H3. The van der Waals surface area contributed by atoms with Gasteiger partial charge in [0.15, 0.2) is 20.1 Å². The summed E-state index contributed by atoms with van der Waals surface area (Å²) in [6.45, 7) is 9.78. The average molecular weight is 1010 g/mol. The van der Waals surface area contributed by atoms with Crippen LogP contribution in [0.5, 0.6) is 0 Å². The van der Waals surface area contributed by atoms with Crippen LogP contribution in [0.2, 0.25) is 10.0 Å². The zero-order valence-corrected chi connectivity index (χ0v) is 40.8. The third-order valence-electron chi connectivity index (χ3n) is 7.42. The van der Waals surface area contributed by atoms with Crippen molar-refractivity contribution in [2.45, 2.75) is 78.0 Å². The Morgan fingerprint density at radius 2 is 1.05 bits per heavy atom. The highest BCUT2D eigenvalue weighted by Crippen LogP contribution is 2.28. The minimum atomic E-state index is -3.87. The number of aryl methyl sites for hydroxylation is 2. The molecule has 0 aliphatic rings. The van der Waals surface area contributed by atoms with Gasteiger partial charge in [-0.05, 0) is 44.7 Å². The van der Waals surface area contributed by atoms with Crippen LogP contribution in [0.3, 0.4) is 0 Å². The van der Waals surface area contributed by atoms with Gasteiger partial charge in [-0.1, -0.05) is 143 Å². The largest absolute Gasteiger partial charge is 0.397 e. The summed E-state index contributed by atoms with van der Waals surface area (Å²) in [7, 11) is -7.74. The second-order valence-corrected chi connectivity index (χ2v) is 22.1. The number of hydrogen-bond acceptors (Lipinski definition) is 19. The van der Waals surface area contributed by atoms with Gasteiger partial charge in [-0.3, -0.25) is 20.2 Å². The molecule has 3 N–H and O–H groups in total. The molecule has 4 aromatic heterocycles. The molecule has 0 atom stereocenters. The fourth-order valence-corrected chi connectivity index (χ4v) is 10.9. The summed E-state index contributed by atoms with van der Waals surface area (Å²) in [5, 5.41) is 28.0. The van der Waals surface area contributed by atoms with E-state index in [1.165, 1.54) is 46.2 Å². The lowest BCUT2D eigenvalue weighted by Crippen LogP contribution is -2.18. The van der Waals surface area contributed by atoms with Crippen LogP contribution in [0.4, 0.5) is 10.3 Å². The minimum Gasteiger partial charge on any atom is -0.397 e. The molecule has 0 bridgehead atoms. The van der Waals surface area contributed by atoms with E-state index in [0.717, 1.165) is 56.5 Å². The molecule has 0 fully saturated rings. The van der Waals surface area contributed by atoms with Crippen molar-refractivity contribution in [2.24, 2.45) is 0 Å². The number of aliphatic hydroxyl groups is 1. The number of aromatic nitrogens is 8. The highest BCUT2D eigenvalue weighted by molar-refractivity contribution is 8.01. The smallest absolute Gasteiger partial charge is 0.277 e. The lowest BCUT2D eigenvalue weighted by molar-refractivity contribution is 0.101. The zero-order valence-electron chi connectivity index (χ0n) is 34.4. The maximum Gasteiger partial charge on any atom is 0.277 e. The molecule has 2 aromatic carbocycles. The molecule has 4 heterocycles. The molecular formula is C38H42Cl2N10O7S6. The second kappa shape index (κ2) is 24.8. The first-order valence-electron chi connectivity index (χ1n) is 18.8. The Balaban J connectivity index is 0.000000260. The van der Waals surface area contributed by atoms with E-state index in [9.17, 15) is 26.4 Å². The van der Waals surface area contributed by atoms with E-state index in [0.29, 0.717) is 11.1 Å². The first kappa shape index (κ1) is 51.4. The Morgan fingerprint density at radius 3 is 1.40 bits per heavy atom. The Bertz CT molecular complexity index is 2540. The molecule has 63 heavy (non-hydrogen) atoms. The van der Waals surface area contributed by atoms with Gasteiger partial charge < -0.3 is 5.11 Å². The number of thioether (sulfide) groups is 2. The molecule has 0 aliphatic heterocycles. The van der Waals surface area contributed by atoms with Crippen LogP contribution in [0.15, 0.2) is 79.9 Å². The number of rotatable bonds is 16. The first-order chi connectivity index (χ1) is 30.0. The van der Waals surface area contributed by atoms with E-state index in [2.05, 4.69) is 64.8 Å². The number of halogens is 2. The van der Waals surface area contributed by atoms with Crippen molar-refractivity contribution in [3.8, 4) is 0 Å². The molecule has 336 valence electrons. The molecular weight excluding hydrogens is 972 g/mol. The molecule has 0 saturated heterocycles. The van der Waals surface area contributed by atoms with Gasteiger partial charge >= 0.3 is 0 Å². The van der Waals surface area contributed by atoms with Gasteiger partial charge in [-0.2, -0.15) is 0 Å². The molecule has 17 nitrogen and oxygen atoms in total. The lowest BCUT2D eigenvalue weighted by Gasteiger charge is -2.07. The van der Waals surface area contributed by atoms with E-state index in [1.807, 2.05) is 26.0 Å². The zero-order chi connectivity index (χ0) is 46.2. The number of nitrogens with zero attached hydrogens (tertiary/aromatic N) is 8. The summed E-state index contributed by atoms with van der Waals surface area (Å²) in [6, 6.07) is 14.2. The fourth-order valence-electron chi connectivity index (χ4n) is 4.82. The summed E-state index contributed by atoms with van der Waals surface area (Å²) in [5.41, 5.74) is 2.59. The van der Waals surface area contributed by atoms with Crippen LogP contribution in [-0.2, 0) is 31.2 Å². The van der Waals surface area contributed by atoms with Gasteiger partial charge in [0.05, 0.1) is 33.9 Å². The van der Waals surface area contributed by atoms with E-state index in [4.69, 9.17) is 28.3 Å². The minimum absolute atomic E-state index is 0.0629. The van der Waals surface area contributed by atoms with E-state index in [-0.39, 0.29) is 49.8 Å². The predicted octanol–water partition coefficient (Wildman–Crippen LogP) is 8.04. The third-order valence-corrected chi connectivity index (χ3v) is 15.3. The molecule has 0 spiro atoms. The molecule has 2 amide bonds. The maximum absolute atomic E-state index is 12.7. The molecule has 0 aliphatic carbocycles. The quantitative estimate of drug-likeness (QED) is 0.0471. The number of benzene rings is 2. The Morgan fingerprint density at radius 1 is 0.667 bits per heavy atom. The van der Waals surface area contributed by atoms with Gasteiger partial charge in [0.1, 0.15) is 0 Å². The van der Waals surface area contributed by atoms with E-state index in [1.54, 1.807) is 43.3 Å². The molecule has 6 aromatic rings. The monoisotopic (exact) mass is 1010 g/mol. The third kappa shape index (κ3) is 16.1. The number of carbonyl (C=O) groups excluding carboxylic acids is 2. The van der Waals surface area contributed by atoms with E-state index >= 15 is 0 Å². The van der Waals surface area contributed by atoms with Crippen LogP contribution in [0.25, 0.3) is 0 Å². The number of amides is 2. The maximum atomic E-state index is 12.7. The van der Waals surface area contributed by atoms with Crippen molar-refractivity contribution in [3.05, 3.63) is 105 Å². The summed E-state index contributed by atoms with van der Waals surface area (Å²) in [6.07, 6.45) is 4.19. The van der Waals surface area contributed by atoms with Crippen molar-refractivity contribution < 1.29 is 31.5 Å². The Hall–Kier alpha value is -4.20. The number of aliphatic hydroxyl groups excluding tert-OH is 1. The second-order valence-electron chi connectivity index (χ2n) is 12.9. The highest BCUT2D eigenvalue weighted by atomic mass is 35.5. The first-order valence-corrected chi connectivity index (χ1v) is 26.4. The van der Waals surface area contributed by atoms with Crippen molar-refractivity contribution >= 4 is 111 Å². The molecule has 25 heteroatoms. The highest BCUT2D eigenvalue weighted by Gasteiger charge is 2.25. The fraction of sp³-hybridized carbons (Fsp3) is 0.316. The van der Waals surface area contributed by atoms with Crippen LogP contribution in [0.1, 0.15) is 76.8 Å². The number of anilines is 2. The lowest BCUT2D eigenvalue weighted by atomic mass is 10.2. The van der Waals surface area contributed by atoms with Crippen molar-refractivity contribution in [2.75, 3.05) is 28.7 Å². The number of sulfone groups is 2. The summed E-state index contributed by atoms with van der Waals surface area (Å²) in [5.74, 6) is -0.155. The summed E-state index contributed by atoms with van der Waals surface area (Å²) in [4.78, 5) is 40.7. The van der Waals surface area contributed by atoms with Crippen LogP contribution in [-0.4, -0.2) is 92.2 Å². The number of nitrogens with one attached hydrogen (secondary N) is 2. The predicted molar refractivity (Wildman–Crippen MR) is 249 cm³/mol. The van der Waals surface area contributed by atoms with Crippen molar-refractivity contribution in [1.82, 2.24) is 40.3 Å². The van der Waals surface area contributed by atoms with E-state index < -0.39 is 41.8 Å². The molecule has 0 unspecified atom stereocenters. The van der Waals surface area contributed by atoms with Gasteiger partial charge in [0, 0.05) is 18.1 Å². The SMILES string of the molecule is CCCSc1nnc(NC(=O)c2nc(S(=O)(=O)Cc3cccc(C)c3)ncc2Cl)s1.CCCSc1nnc(NC(=O)c2nc(S(=O)(=O)Cc3cccc(C)c3)ncc2Cl)s1.CCO. The molecule has 6 rings (SSSR count). The summed E-state index contributed by atoms with van der Waals surface area (Å²) >= 11 is 17.6. The molecule has 0 radical (unpaired) electrons. The van der Waals surface area contributed by atoms with Crippen LogP contribution >= 0.6 is 69.4 Å².